The molecule has 5 atom stereocenters. The van der Waals surface area contributed by atoms with Gasteiger partial charge in [-0.2, -0.15) is 0 Å². The molecule has 0 saturated carbocycles. The summed E-state index contributed by atoms with van der Waals surface area (Å²) in [5.41, 5.74) is 0. The van der Waals surface area contributed by atoms with Gasteiger partial charge in [0.05, 0.1) is 0 Å². The third kappa shape index (κ3) is 9.30. The van der Waals surface area contributed by atoms with Crippen molar-refractivity contribution < 1.29 is 30.0 Å². The van der Waals surface area contributed by atoms with Gasteiger partial charge in [0.2, 0.25) is 0 Å². The van der Waals surface area contributed by atoms with E-state index in [-0.39, 0.29) is 0 Å². The lowest BCUT2D eigenvalue weighted by atomic mass is 10.0. The van der Waals surface area contributed by atoms with Crippen molar-refractivity contribution >= 4 is 5.91 Å². The van der Waals surface area contributed by atoms with Gasteiger partial charge in [0.25, 0.3) is 5.91 Å². The van der Waals surface area contributed by atoms with E-state index in [0.29, 0.717) is 13.1 Å². The van der Waals surface area contributed by atoms with Crippen LogP contribution in [0.3, 0.4) is 0 Å². The molecule has 0 aliphatic carbocycles. The van der Waals surface area contributed by atoms with Crippen molar-refractivity contribution in [2.24, 2.45) is 0 Å². The number of aliphatic hydroxyl groups is 4. The summed E-state index contributed by atoms with van der Waals surface area (Å²) in [6, 6.07) is 0. The molecule has 4 N–H and O–H groups in total. The highest BCUT2D eigenvalue weighted by atomic mass is 16.6. The van der Waals surface area contributed by atoms with Crippen LogP contribution in [0.25, 0.3) is 0 Å². The average Bonchev–Trinajstić information content (AvgIpc) is 2.97. The molecule has 1 aliphatic rings. The monoisotopic (exact) mass is 417 g/mol. The minimum atomic E-state index is -1.60. The molecule has 0 spiro atoms. The molecule has 0 aromatic rings. The van der Waals surface area contributed by atoms with Crippen molar-refractivity contribution in [2.45, 2.75) is 122 Å². The molecular weight excluding hydrogens is 374 g/mol. The van der Waals surface area contributed by atoms with Crippen LogP contribution < -0.4 is 0 Å². The molecule has 0 unspecified atom stereocenters. The first-order valence-electron chi connectivity index (χ1n) is 11.6. The average molecular weight is 418 g/mol. The fourth-order valence-corrected chi connectivity index (χ4v) is 3.77. The topological polar surface area (TPSA) is 110 Å². The fourth-order valence-electron chi connectivity index (χ4n) is 3.77. The van der Waals surface area contributed by atoms with Gasteiger partial charge in [0.1, 0.15) is 18.3 Å². The van der Waals surface area contributed by atoms with Crippen LogP contribution in [0.1, 0.15) is 90.9 Å². The third-order valence-corrected chi connectivity index (χ3v) is 5.71. The van der Waals surface area contributed by atoms with Crippen molar-refractivity contribution in [3.05, 3.63) is 0 Å². The van der Waals surface area contributed by atoms with E-state index in [1.165, 1.54) is 38.5 Å². The van der Waals surface area contributed by atoms with Crippen LogP contribution in [0.4, 0.5) is 0 Å². The van der Waals surface area contributed by atoms with E-state index in [1.807, 2.05) is 0 Å². The van der Waals surface area contributed by atoms with Crippen molar-refractivity contribution in [2.75, 3.05) is 13.1 Å². The summed E-state index contributed by atoms with van der Waals surface area (Å²) < 4.78 is 5.02. The Kier molecular flexibility index (Phi) is 13.7. The summed E-state index contributed by atoms with van der Waals surface area (Å²) in [6.45, 7) is 5.47. The summed E-state index contributed by atoms with van der Waals surface area (Å²) in [7, 11) is 0. The summed E-state index contributed by atoms with van der Waals surface area (Å²) in [5.74, 6) is -0.502. The number of nitrogens with zero attached hydrogens (tertiary/aromatic N) is 1. The zero-order chi connectivity index (χ0) is 21.6. The standard InChI is InChI=1S/C22H43NO6/c1-3-5-7-9-11-13-15-23(16-14-12-10-8-6-4-2)21(27)19(26)20-17(24)18(25)22(28)29-20/h17-20,22,24-26,28H,3-16H2,1-2H3/t17-,18-,19+,20-,22-/m1/s1. The van der Waals surface area contributed by atoms with Crippen LogP contribution >= 0.6 is 0 Å². The Morgan fingerprint density at radius 3 is 1.66 bits per heavy atom. The Hall–Kier alpha value is -0.730. The Morgan fingerprint density at radius 1 is 0.793 bits per heavy atom. The second-order valence-electron chi connectivity index (χ2n) is 8.28. The number of ether oxygens (including phenoxy) is 1. The van der Waals surface area contributed by atoms with Crippen LogP contribution in [0, 0.1) is 0 Å². The largest absolute Gasteiger partial charge is 0.387 e. The Morgan fingerprint density at radius 2 is 1.24 bits per heavy atom. The molecule has 1 amide bonds. The van der Waals surface area contributed by atoms with Gasteiger partial charge in [-0.15, -0.1) is 0 Å². The number of rotatable bonds is 16. The van der Waals surface area contributed by atoms with Gasteiger partial charge < -0.3 is 30.1 Å². The molecule has 7 heteroatoms. The maximum absolute atomic E-state index is 12.8. The lowest BCUT2D eigenvalue weighted by Gasteiger charge is -2.28. The maximum Gasteiger partial charge on any atom is 0.254 e. The zero-order valence-electron chi connectivity index (χ0n) is 18.3. The van der Waals surface area contributed by atoms with E-state index < -0.39 is 36.6 Å². The summed E-state index contributed by atoms with van der Waals surface area (Å²) in [6.07, 6.45) is 5.79. The second-order valence-corrected chi connectivity index (χ2v) is 8.28. The quantitative estimate of drug-likeness (QED) is 0.287. The molecule has 0 aromatic heterocycles. The first kappa shape index (κ1) is 26.3. The molecule has 1 saturated heterocycles. The van der Waals surface area contributed by atoms with Crippen LogP contribution in [0.15, 0.2) is 0 Å². The van der Waals surface area contributed by atoms with E-state index in [4.69, 9.17) is 4.74 Å². The van der Waals surface area contributed by atoms with Crippen molar-refractivity contribution in [3.63, 3.8) is 0 Å². The number of unbranched alkanes of at least 4 members (excludes halogenated alkanes) is 10. The highest BCUT2D eigenvalue weighted by Crippen LogP contribution is 2.23. The number of carbonyl (C=O) groups excluding carboxylic acids is 1. The third-order valence-electron chi connectivity index (χ3n) is 5.71. The molecular formula is C22H43NO6. The highest BCUT2D eigenvalue weighted by molar-refractivity contribution is 5.81. The molecule has 1 rings (SSSR count). The number of hydrogen-bond acceptors (Lipinski definition) is 6. The van der Waals surface area contributed by atoms with Gasteiger partial charge in [0, 0.05) is 13.1 Å². The highest BCUT2D eigenvalue weighted by Gasteiger charge is 2.48. The van der Waals surface area contributed by atoms with Gasteiger partial charge in [0.15, 0.2) is 12.4 Å². The van der Waals surface area contributed by atoms with Gasteiger partial charge in [-0.1, -0.05) is 78.1 Å². The van der Waals surface area contributed by atoms with Gasteiger partial charge in [-0.05, 0) is 12.8 Å². The molecule has 7 nitrogen and oxygen atoms in total. The van der Waals surface area contributed by atoms with Gasteiger partial charge >= 0.3 is 0 Å². The van der Waals surface area contributed by atoms with Crippen molar-refractivity contribution in [1.82, 2.24) is 4.90 Å². The molecule has 1 fully saturated rings. The molecule has 1 heterocycles. The SMILES string of the molecule is CCCCCCCCN(CCCCCCCC)C(=O)[C@@H](O)[C@@H]1O[C@@H](O)[C@H](O)[C@H]1O. The fraction of sp³-hybridized carbons (Fsp3) is 0.955. The van der Waals surface area contributed by atoms with Crippen molar-refractivity contribution in [3.8, 4) is 0 Å². The van der Waals surface area contributed by atoms with Gasteiger partial charge in [-0.3, -0.25) is 4.79 Å². The van der Waals surface area contributed by atoms with Crippen LogP contribution in [0.5, 0.6) is 0 Å². The number of hydrogen-bond donors (Lipinski definition) is 4. The molecule has 1 aliphatic heterocycles. The van der Waals surface area contributed by atoms with Crippen LogP contribution in [0.2, 0.25) is 0 Å². The van der Waals surface area contributed by atoms with Crippen molar-refractivity contribution in [1.29, 1.82) is 0 Å². The summed E-state index contributed by atoms with van der Waals surface area (Å²) in [5, 5.41) is 39.6. The number of aliphatic hydroxyl groups excluding tert-OH is 4. The first-order valence-corrected chi connectivity index (χ1v) is 11.6. The molecule has 0 bridgehead atoms. The normalized spacial score (nSPS) is 25.3. The molecule has 0 radical (unpaired) electrons. The molecule has 0 aromatic carbocycles. The lowest BCUT2D eigenvalue weighted by Crippen LogP contribution is -2.49. The Labute approximate surface area is 176 Å². The summed E-state index contributed by atoms with van der Waals surface area (Å²) in [4.78, 5) is 14.5. The first-order chi connectivity index (χ1) is 13.9. The molecule has 29 heavy (non-hydrogen) atoms. The van der Waals surface area contributed by atoms with Crippen LogP contribution in [-0.2, 0) is 9.53 Å². The number of amides is 1. The van der Waals surface area contributed by atoms with E-state index in [0.717, 1.165) is 38.5 Å². The van der Waals surface area contributed by atoms with E-state index in [9.17, 15) is 25.2 Å². The van der Waals surface area contributed by atoms with Gasteiger partial charge in [-0.25, -0.2) is 0 Å². The minimum Gasteiger partial charge on any atom is -0.387 e. The smallest absolute Gasteiger partial charge is 0.254 e. The summed E-state index contributed by atoms with van der Waals surface area (Å²) >= 11 is 0. The predicted octanol–water partition coefficient (Wildman–Crippen LogP) is 2.34. The zero-order valence-corrected chi connectivity index (χ0v) is 18.3. The Bertz CT molecular complexity index is 420. The Balaban J connectivity index is 2.54. The second kappa shape index (κ2) is 15.1. The van der Waals surface area contributed by atoms with Crippen LogP contribution in [-0.4, -0.2) is 75.0 Å². The predicted molar refractivity (Wildman–Crippen MR) is 112 cm³/mol. The lowest BCUT2D eigenvalue weighted by molar-refractivity contribution is -0.165. The molecule has 172 valence electrons. The number of carbonyl (C=O) groups is 1. The van der Waals surface area contributed by atoms with E-state index >= 15 is 0 Å². The maximum atomic E-state index is 12.8. The van der Waals surface area contributed by atoms with E-state index in [2.05, 4.69) is 13.8 Å². The van der Waals surface area contributed by atoms with E-state index in [1.54, 1.807) is 4.90 Å². The minimum absolute atomic E-state index is 0.502.